The summed E-state index contributed by atoms with van der Waals surface area (Å²) in [6.45, 7) is 0. The number of furan rings is 1. The van der Waals surface area contributed by atoms with Crippen LogP contribution in [0.4, 0.5) is 0 Å². The molecule has 0 N–H and O–H groups in total. The normalized spacial score (nSPS) is 12.1. The predicted molar refractivity (Wildman–Crippen MR) is 240 cm³/mol. The van der Waals surface area contributed by atoms with Crippen molar-refractivity contribution in [2.24, 2.45) is 0 Å². The number of nitrogens with zero attached hydrogens (tertiary/aromatic N) is 5. The van der Waals surface area contributed by atoms with Gasteiger partial charge in [0.1, 0.15) is 5.58 Å². The fraction of sp³-hybridized carbons (Fsp3) is 0. The van der Waals surface area contributed by atoms with Crippen molar-refractivity contribution in [2.75, 3.05) is 0 Å². The molecule has 8 aromatic carbocycles. The molecule has 0 unspecified atom stereocenters. The van der Waals surface area contributed by atoms with Crippen molar-refractivity contribution in [1.82, 2.24) is 24.1 Å². The highest BCUT2D eigenvalue weighted by atomic mass is 32.1. The minimum absolute atomic E-state index is 0.562. The maximum Gasteiger partial charge on any atom is 0.238 e. The fourth-order valence-corrected chi connectivity index (χ4v) is 10.3. The molecular weight excluding hydrogens is 731 g/mol. The number of rotatable bonds is 4. The maximum absolute atomic E-state index is 6.98. The van der Waals surface area contributed by atoms with Gasteiger partial charge in [0.25, 0.3) is 0 Å². The molecule has 0 fully saturated rings. The minimum atomic E-state index is 0.562. The van der Waals surface area contributed by atoms with Crippen molar-refractivity contribution in [3.05, 3.63) is 176 Å². The van der Waals surface area contributed by atoms with Crippen LogP contribution in [0.3, 0.4) is 0 Å². The smallest absolute Gasteiger partial charge is 0.238 e. The van der Waals surface area contributed by atoms with Crippen molar-refractivity contribution in [1.29, 1.82) is 0 Å². The van der Waals surface area contributed by atoms with Crippen LogP contribution in [0.1, 0.15) is 0 Å². The Morgan fingerprint density at radius 3 is 1.76 bits per heavy atom. The van der Waals surface area contributed by atoms with Gasteiger partial charge in [-0.3, -0.25) is 4.57 Å². The molecule has 0 aliphatic heterocycles. The fourth-order valence-electron chi connectivity index (χ4n) is 9.03. The number of benzene rings is 8. The molecule has 58 heavy (non-hydrogen) atoms. The first-order chi connectivity index (χ1) is 28.8. The van der Waals surface area contributed by atoms with Gasteiger partial charge in [-0.1, -0.05) is 133 Å². The Morgan fingerprint density at radius 2 is 1.00 bits per heavy atom. The van der Waals surface area contributed by atoms with Crippen LogP contribution in [-0.2, 0) is 0 Å². The summed E-state index contributed by atoms with van der Waals surface area (Å²) in [5, 5.41) is 9.39. The molecule has 5 aromatic heterocycles. The van der Waals surface area contributed by atoms with E-state index >= 15 is 0 Å². The SMILES string of the molecule is c1ccc(-c2nc(-c3ccc4c(c3)oc3c(-n5c6ccccc6c6ccc7c8ccccc8sc7c65)cccc34)nc(-n3c4ccccc4c4ccccc43)n2)cc1. The number of aromatic nitrogens is 5. The highest BCUT2D eigenvalue weighted by Gasteiger charge is 2.22. The van der Waals surface area contributed by atoms with E-state index in [9.17, 15) is 0 Å². The summed E-state index contributed by atoms with van der Waals surface area (Å²) in [6.07, 6.45) is 0. The molecule has 0 atom stereocenters. The molecule has 0 radical (unpaired) electrons. The Balaban J connectivity index is 1.04. The van der Waals surface area contributed by atoms with Crippen LogP contribution in [0.5, 0.6) is 0 Å². The van der Waals surface area contributed by atoms with Crippen LogP contribution in [0, 0.1) is 0 Å². The molecule has 5 heterocycles. The van der Waals surface area contributed by atoms with E-state index in [2.05, 4.69) is 155 Å². The van der Waals surface area contributed by atoms with Crippen LogP contribution in [0.25, 0.3) is 120 Å². The lowest BCUT2D eigenvalue weighted by molar-refractivity contribution is 0.666. The second kappa shape index (κ2) is 11.9. The zero-order chi connectivity index (χ0) is 37.9. The average Bonchev–Trinajstić information content (AvgIpc) is 4.04. The number of para-hydroxylation sites is 4. The largest absolute Gasteiger partial charge is 0.454 e. The summed E-state index contributed by atoms with van der Waals surface area (Å²) in [4.78, 5) is 15.4. The molecule has 13 aromatic rings. The lowest BCUT2D eigenvalue weighted by Crippen LogP contribution is -2.06. The minimum Gasteiger partial charge on any atom is -0.454 e. The van der Waals surface area contributed by atoms with E-state index in [-0.39, 0.29) is 0 Å². The molecule has 270 valence electrons. The summed E-state index contributed by atoms with van der Waals surface area (Å²) in [5.41, 5.74) is 8.80. The molecule has 0 aliphatic rings. The highest BCUT2D eigenvalue weighted by molar-refractivity contribution is 7.26. The van der Waals surface area contributed by atoms with Gasteiger partial charge in [-0.15, -0.1) is 11.3 Å². The van der Waals surface area contributed by atoms with Gasteiger partial charge >= 0.3 is 0 Å². The van der Waals surface area contributed by atoms with E-state index in [1.165, 1.54) is 36.5 Å². The number of thiophene rings is 1. The molecule has 0 spiro atoms. The zero-order valence-electron chi connectivity index (χ0n) is 30.8. The maximum atomic E-state index is 6.98. The predicted octanol–water partition coefficient (Wildman–Crippen LogP) is 13.7. The van der Waals surface area contributed by atoms with Gasteiger partial charge in [-0.05, 0) is 42.5 Å². The van der Waals surface area contributed by atoms with Gasteiger partial charge < -0.3 is 8.98 Å². The summed E-state index contributed by atoms with van der Waals surface area (Å²) < 4.78 is 14.1. The molecule has 0 amide bonds. The first-order valence-corrected chi connectivity index (χ1v) is 20.2. The van der Waals surface area contributed by atoms with Gasteiger partial charge in [0.2, 0.25) is 5.95 Å². The van der Waals surface area contributed by atoms with Gasteiger partial charge in [-0.2, -0.15) is 9.97 Å². The zero-order valence-corrected chi connectivity index (χ0v) is 31.6. The van der Waals surface area contributed by atoms with Gasteiger partial charge in [-0.25, -0.2) is 4.98 Å². The number of hydrogen-bond acceptors (Lipinski definition) is 5. The van der Waals surface area contributed by atoms with Crippen LogP contribution in [-0.4, -0.2) is 24.1 Å². The first kappa shape index (κ1) is 31.6. The van der Waals surface area contributed by atoms with Crippen molar-refractivity contribution < 1.29 is 4.42 Å². The van der Waals surface area contributed by atoms with E-state index in [1.807, 2.05) is 41.7 Å². The Labute approximate surface area is 334 Å². The molecule has 0 saturated carbocycles. The second-order valence-corrected chi connectivity index (χ2v) is 15.8. The summed E-state index contributed by atoms with van der Waals surface area (Å²) in [7, 11) is 0. The van der Waals surface area contributed by atoms with Crippen molar-refractivity contribution in [3.63, 3.8) is 0 Å². The molecule has 0 aliphatic carbocycles. The van der Waals surface area contributed by atoms with Crippen molar-refractivity contribution in [2.45, 2.75) is 0 Å². The monoisotopic (exact) mass is 759 g/mol. The van der Waals surface area contributed by atoms with Crippen LogP contribution in [0.15, 0.2) is 180 Å². The van der Waals surface area contributed by atoms with E-state index in [0.29, 0.717) is 17.6 Å². The molecule has 0 bridgehead atoms. The lowest BCUT2D eigenvalue weighted by Gasteiger charge is -2.10. The first-order valence-electron chi connectivity index (χ1n) is 19.4. The van der Waals surface area contributed by atoms with Crippen LogP contribution in [0.2, 0.25) is 0 Å². The molecule has 0 saturated heterocycles. The third-order valence-electron chi connectivity index (χ3n) is 11.6. The Kier molecular flexibility index (Phi) is 6.50. The Morgan fingerprint density at radius 1 is 0.414 bits per heavy atom. The molecule has 13 rings (SSSR count). The van der Waals surface area contributed by atoms with Gasteiger partial charge in [0.05, 0.1) is 32.5 Å². The van der Waals surface area contributed by atoms with Crippen molar-refractivity contribution >= 4 is 97.1 Å². The number of fused-ring (bicyclic) bond motifs is 13. The molecular formula is C51H29N5OS. The second-order valence-electron chi connectivity index (χ2n) is 14.8. The summed E-state index contributed by atoms with van der Waals surface area (Å²) in [6, 6.07) is 61.7. The van der Waals surface area contributed by atoms with E-state index in [0.717, 1.165) is 66.1 Å². The summed E-state index contributed by atoms with van der Waals surface area (Å²) in [5.74, 6) is 1.74. The molecule has 7 heteroatoms. The van der Waals surface area contributed by atoms with Gasteiger partial charge in [0, 0.05) is 58.9 Å². The van der Waals surface area contributed by atoms with Crippen LogP contribution < -0.4 is 0 Å². The summed E-state index contributed by atoms with van der Waals surface area (Å²) >= 11 is 1.85. The Bertz CT molecular complexity index is 3760. The third kappa shape index (κ3) is 4.44. The highest BCUT2D eigenvalue weighted by Crippen LogP contribution is 2.45. The van der Waals surface area contributed by atoms with E-state index in [1.54, 1.807) is 0 Å². The Hall–Kier alpha value is -7.61. The lowest BCUT2D eigenvalue weighted by atomic mass is 10.1. The van der Waals surface area contributed by atoms with E-state index < -0.39 is 0 Å². The topological polar surface area (TPSA) is 61.7 Å². The third-order valence-corrected chi connectivity index (χ3v) is 12.8. The molecule has 6 nitrogen and oxygen atoms in total. The van der Waals surface area contributed by atoms with Gasteiger partial charge in [0.15, 0.2) is 17.2 Å². The quantitative estimate of drug-likeness (QED) is 0.179. The van der Waals surface area contributed by atoms with Crippen molar-refractivity contribution in [3.8, 4) is 34.4 Å². The standard InChI is InChI=1S/C51H29N5OS/c1-2-13-30(14-3-1)49-52-50(54-51(53-49)56-41-21-9-4-15-32(41)33-16-5-10-22-42(33)56)31-25-26-35-38-19-12-23-43(47(38)57-44(35)29-31)55-40-20-8-6-17-34(40)37-27-28-39-36-18-7-11-24-45(36)58-48(39)46(37)55/h1-29H. The average molecular weight is 760 g/mol. The van der Waals surface area contributed by atoms with E-state index in [4.69, 9.17) is 19.4 Å². The number of hydrogen-bond donors (Lipinski definition) is 0. The van der Waals surface area contributed by atoms with Crippen LogP contribution >= 0.6 is 11.3 Å².